The molecule has 0 spiro atoms. The molecule has 5 nitrogen and oxygen atoms in total. The van der Waals surface area contributed by atoms with Crippen molar-refractivity contribution in [2.24, 2.45) is 35.0 Å². The summed E-state index contributed by atoms with van der Waals surface area (Å²) in [5.41, 5.74) is 2.04. The summed E-state index contributed by atoms with van der Waals surface area (Å²) in [6.45, 7) is 0.425. The third-order valence-corrected chi connectivity index (χ3v) is 9.99. The van der Waals surface area contributed by atoms with Gasteiger partial charge < -0.3 is 14.4 Å². The monoisotopic (exact) mass is 431 g/mol. The minimum absolute atomic E-state index is 0.0311. The van der Waals surface area contributed by atoms with Gasteiger partial charge in [-0.1, -0.05) is 30.4 Å². The Hall–Kier alpha value is -1.98. The van der Waals surface area contributed by atoms with E-state index in [1.54, 1.807) is 0 Å². The SMILES string of the molecule is O=C1[C@H]2OC[C@H](O2)[C@@H]2[C@H]1[C@H]1C=Cc3ccccc3N1[C@@H]2C(=O)C12CC3CC(CC(C3)C1)C2. The zero-order valence-electron chi connectivity index (χ0n) is 18.2. The molecule has 6 atom stereocenters. The second kappa shape index (κ2) is 6.12. The lowest BCUT2D eigenvalue weighted by Crippen LogP contribution is -2.58. The summed E-state index contributed by atoms with van der Waals surface area (Å²) < 4.78 is 11.8. The molecule has 9 rings (SSSR count). The molecule has 0 radical (unpaired) electrons. The molecule has 0 N–H and O–H groups in total. The van der Waals surface area contributed by atoms with Crippen LogP contribution in [0.15, 0.2) is 30.3 Å². The fraction of sp³-hybridized carbons (Fsp3) is 0.630. The number of nitrogens with zero attached hydrogens (tertiary/aromatic N) is 1. The highest BCUT2D eigenvalue weighted by atomic mass is 16.7. The summed E-state index contributed by atoms with van der Waals surface area (Å²) >= 11 is 0. The molecule has 32 heavy (non-hydrogen) atoms. The van der Waals surface area contributed by atoms with Crippen LogP contribution in [-0.2, 0) is 19.1 Å². The molecule has 4 aliphatic heterocycles. The van der Waals surface area contributed by atoms with Gasteiger partial charge in [0.15, 0.2) is 11.6 Å². The van der Waals surface area contributed by atoms with E-state index >= 15 is 0 Å². The number of benzene rings is 1. The molecule has 0 unspecified atom stereocenters. The Kier molecular flexibility index (Phi) is 3.53. The number of para-hydroxylation sites is 1. The highest BCUT2D eigenvalue weighted by molar-refractivity contribution is 5.99. The topological polar surface area (TPSA) is 55.8 Å². The second-order valence-electron chi connectivity index (χ2n) is 11.7. The second-order valence-corrected chi connectivity index (χ2v) is 11.7. The van der Waals surface area contributed by atoms with Gasteiger partial charge >= 0.3 is 0 Å². The molecule has 0 amide bonds. The molecule has 166 valence electrons. The Bertz CT molecular complexity index is 1030. The van der Waals surface area contributed by atoms with Gasteiger partial charge in [0.05, 0.1) is 30.7 Å². The maximum Gasteiger partial charge on any atom is 0.218 e. The molecule has 4 saturated carbocycles. The van der Waals surface area contributed by atoms with E-state index in [1.807, 2.05) is 6.07 Å². The van der Waals surface area contributed by atoms with Crippen LogP contribution in [0.2, 0.25) is 0 Å². The Morgan fingerprint density at radius 2 is 1.75 bits per heavy atom. The van der Waals surface area contributed by atoms with E-state index in [1.165, 1.54) is 19.3 Å². The number of hydrogen-bond donors (Lipinski definition) is 0. The van der Waals surface area contributed by atoms with Crippen LogP contribution in [0.1, 0.15) is 44.1 Å². The van der Waals surface area contributed by atoms with Gasteiger partial charge in [-0.3, -0.25) is 9.59 Å². The van der Waals surface area contributed by atoms with E-state index < -0.39 is 6.29 Å². The molecule has 3 saturated heterocycles. The van der Waals surface area contributed by atoms with Gasteiger partial charge in [-0.2, -0.15) is 0 Å². The first kappa shape index (κ1) is 18.4. The van der Waals surface area contributed by atoms with Crippen molar-refractivity contribution in [2.75, 3.05) is 11.5 Å². The smallest absolute Gasteiger partial charge is 0.218 e. The van der Waals surface area contributed by atoms with Crippen molar-refractivity contribution >= 4 is 23.3 Å². The normalized spacial score (nSPS) is 49.2. The van der Waals surface area contributed by atoms with Crippen LogP contribution in [0.4, 0.5) is 5.69 Å². The van der Waals surface area contributed by atoms with E-state index in [9.17, 15) is 9.59 Å². The van der Waals surface area contributed by atoms with Crippen LogP contribution < -0.4 is 4.90 Å². The van der Waals surface area contributed by atoms with Crippen molar-refractivity contribution in [2.45, 2.75) is 63.0 Å². The summed E-state index contributed by atoms with van der Waals surface area (Å²) in [7, 11) is 0. The minimum Gasteiger partial charge on any atom is -0.353 e. The first-order chi connectivity index (χ1) is 15.6. The Balaban J connectivity index is 1.28. The number of anilines is 1. The van der Waals surface area contributed by atoms with E-state index in [0.29, 0.717) is 12.4 Å². The minimum atomic E-state index is -0.748. The van der Waals surface area contributed by atoms with Crippen LogP contribution >= 0.6 is 0 Å². The number of carbonyl (C=O) groups excluding carboxylic acids is 2. The van der Waals surface area contributed by atoms with Crippen LogP contribution in [0.5, 0.6) is 0 Å². The zero-order chi connectivity index (χ0) is 21.2. The van der Waals surface area contributed by atoms with E-state index in [0.717, 1.165) is 48.3 Å². The van der Waals surface area contributed by atoms with Crippen LogP contribution in [0.25, 0.3) is 6.08 Å². The summed E-state index contributed by atoms with van der Waals surface area (Å²) in [5, 5.41) is 0. The maximum absolute atomic E-state index is 14.7. The Morgan fingerprint density at radius 3 is 2.50 bits per heavy atom. The van der Waals surface area contributed by atoms with Gasteiger partial charge in [0.25, 0.3) is 0 Å². The van der Waals surface area contributed by atoms with Crippen LogP contribution in [0.3, 0.4) is 0 Å². The van der Waals surface area contributed by atoms with Gasteiger partial charge in [0, 0.05) is 17.0 Å². The maximum atomic E-state index is 14.7. The quantitative estimate of drug-likeness (QED) is 0.716. The lowest BCUT2D eigenvalue weighted by atomic mass is 9.47. The predicted molar refractivity (Wildman–Crippen MR) is 118 cm³/mol. The number of Topliss-reactive ketones (excluding diaryl/α,β-unsaturated/α-hetero) is 2. The van der Waals surface area contributed by atoms with E-state index in [2.05, 4.69) is 35.3 Å². The number of hydrogen-bond acceptors (Lipinski definition) is 5. The summed E-state index contributed by atoms with van der Waals surface area (Å²) in [6, 6.07) is 7.96. The highest BCUT2D eigenvalue weighted by Crippen LogP contribution is 2.62. The first-order valence-electron chi connectivity index (χ1n) is 12.5. The molecule has 8 aliphatic rings. The van der Waals surface area contributed by atoms with Gasteiger partial charge in [-0.15, -0.1) is 0 Å². The molecule has 0 aromatic heterocycles. The van der Waals surface area contributed by atoms with Crippen molar-refractivity contribution in [3.05, 3.63) is 35.9 Å². The molecule has 7 fully saturated rings. The summed E-state index contributed by atoms with van der Waals surface area (Å²) in [4.78, 5) is 30.5. The molecule has 1 aromatic rings. The fourth-order valence-corrected chi connectivity index (χ4v) is 9.30. The molecule has 5 heteroatoms. The number of rotatable bonds is 2. The van der Waals surface area contributed by atoms with Crippen molar-refractivity contribution in [3.63, 3.8) is 0 Å². The third-order valence-electron chi connectivity index (χ3n) is 9.99. The largest absolute Gasteiger partial charge is 0.353 e. The first-order valence-corrected chi connectivity index (χ1v) is 12.5. The van der Waals surface area contributed by atoms with Gasteiger partial charge in [-0.05, 0) is 67.9 Å². The van der Waals surface area contributed by atoms with Crippen LogP contribution in [-0.4, -0.2) is 42.7 Å². The van der Waals surface area contributed by atoms with Gasteiger partial charge in [0.2, 0.25) is 6.29 Å². The van der Waals surface area contributed by atoms with Crippen molar-refractivity contribution in [3.8, 4) is 0 Å². The van der Waals surface area contributed by atoms with Crippen LogP contribution in [0, 0.1) is 35.0 Å². The number of ketones is 2. The van der Waals surface area contributed by atoms with E-state index in [-0.39, 0.29) is 41.2 Å². The Labute approximate surface area is 188 Å². The summed E-state index contributed by atoms with van der Waals surface area (Å²) in [6.07, 6.45) is 10.5. The molecular formula is C27H29NO4. The Morgan fingerprint density at radius 1 is 1.03 bits per heavy atom. The molecule has 4 aliphatic carbocycles. The molecule has 4 heterocycles. The standard InChI is InChI=1S/C27H29NO4/c29-24-21-19-6-5-17-3-1-2-4-18(17)28(19)23(22(21)20-13-31-26(24)32-20)25(30)27-10-14-7-15(11-27)9-16(8-14)12-27/h1-6,14-16,19-23,26H,7-13H2/t14?,15?,16?,19-,20+,21-,22-,23+,26+,27?/m1/s1. The van der Waals surface area contributed by atoms with Gasteiger partial charge in [-0.25, -0.2) is 0 Å². The van der Waals surface area contributed by atoms with Crippen molar-refractivity contribution in [1.29, 1.82) is 0 Å². The van der Waals surface area contributed by atoms with E-state index in [4.69, 9.17) is 9.47 Å². The number of carbonyl (C=O) groups is 2. The third kappa shape index (κ3) is 2.22. The average molecular weight is 432 g/mol. The lowest BCUT2D eigenvalue weighted by molar-refractivity contribution is -0.166. The van der Waals surface area contributed by atoms with Crippen molar-refractivity contribution in [1.82, 2.24) is 0 Å². The molecule has 6 bridgehead atoms. The lowest BCUT2D eigenvalue weighted by Gasteiger charge is -2.57. The zero-order valence-corrected chi connectivity index (χ0v) is 18.2. The average Bonchev–Trinajstić information content (AvgIpc) is 3.37. The van der Waals surface area contributed by atoms with Gasteiger partial charge in [0.1, 0.15) is 0 Å². The highest BCUT2D eigenvalue weighted by Gasteiger charge is 2.66. The fourth-order valence-electron chi connectivity index (χ4n) is 9.30. The number of fused-ring (bicyclic) bond motifs is 8. The van der Waals surface area contributed by atoms with Crippen molar-refractivity contribution < 1.29 is 19.1 Å². The molecular weight excluding hydrogens is 402 g/mol. The number of ether oxygens (including phenoxy) is 2. The summed E-state index contributed by atoms with van der Waals surface area (Å²) in [5.74, 6) is 2.24. The predicted octanol–water partition coefficient (Wildman–Crippen LogP) is 3.61. The molecule has 1 aromatic carbocycles.